The van der Waals surface area contributed by atoms with Crippen molar-refractivity contribution >= 4 is 34.4 Å². The molecule has 0 spiro atoms. The van der Waals surface area contributed by atoms with Gasteiger partial charge in [-0.05, 0) is 50.3 Å². The number of hydrogen-bond donors (Lipinski definition) is 1. The lowest BCUT2D eigenvalue weighted by molar-refractivity contribution is 0.691. The molecule has 148 valence electrons. The van der Waals surface area contributed by atoms with E-state index in [0.29, 0.717) is 38.0 Å². The van der Waals surface area contributed by atoms with Crippen molar-refractivity contribution in [2.75, 3.05) is 0 Å². The SMILES string of the molecule is O=c1[nH]c(=O)n(C2CC2)c2nc(C3CC3)nc(Sc3cc(Cl)nc(C4CC4)n3)c12. The molecule has 0 unspecified atom stereocenters. The number of fused-ring (bicyclic) bond motifs is 1. The minimum Gasteiger partial charge on any atom is -0.274 e. The number of rotatable bonds is 5. The van der Waals surface area contributed by atoms with Gasteiger partial charge in [0, 0.05) is 23.9 Å². The zero-order valence-electron chi connectivity index (χ0n) is 15.4. The number of nitrogens with zero attached hydrogens (tertiary/aromatic N) is 5. The molecule has 3 aliphatic carbocycles. The van der Waals surface area contributed by atoms with Crippen LogP contribution in [0.3, 0.4) is 0 Å². The van der Waals surface area contributed by atoms with Gasteiger partial charge in [0.05, 0.1) is 0 Å². The zero-order valence-corrected chi connectivity index (χ0v) is 17.0. The lowest BCUT2D eigenvalue weighted by Crippen LogP contribution is -2.31. The molecule has 3 aromatic heterocycles. The van der Waals surface area contributed by atoms with Gasteiger partial charge in [-0.3, -0.25) is 14.3 Å². The second-order valence-electron chi connectivity index (χ2n) is 7.98. The van der Waals surface area contributed by atoms with Crippen LogP contribution in [0.25, 0.3) is 11.0 Å². The number of H-pyrrole nitrogens is 1. The molecule has 3 aliphatic rings. The molecule has 3 aromatic rings. The van der Waals surface area contributed by atoms with Gasteiger partial charge in [0.1, 0.15) is 32.2 Å². The Labute approximate surface area is 174 Å². The van der Waals surface area contributed by atoms with Crippen LogP contribution in [-0.2, 0) is 0 Å². The van der Waals surface area contributed by atoms with Crippen LogP contribution in [0.15, 0.2) is 25.7 Å². The summed E-state index contributed by atoms with van der Waals surface area (Å²) in [4.78, 5) is 46.0. The number of aromatic nitrogens is 6. The second kappa shape index (κ2) is 6.37. The second-order valence-corrected chi connectivity index (χ2v) is 9.38. The standard InChI is InChI=1S/C19H17ClN6O2S/c20-11-7-12(22-14(21-11)8-1-2-8)29-18-13-16(23-15(24-18)9-3-4-9)26(10-5-6-10)19(28)25-17(13)27/h7-10H,1-6H2,(H,25,27,28). The molecule has 3 saturated carbocycles. The molecule has 0 radical (unpaired) electrons. The van der Waals surface area contributed by atoms with E-state index in [1.807, 2.05) is 0 Å². The van der Waals surface area contributed by atoms with Gasteiger partial charge in [-0.2, -0.15) is 0 Å². The van der Waals surface area contributed by atoms with Gasteiger partial charge in [0.15, 0.2) is 5.65 Å². The van der Waals surface area contributed by atoms with Gasteiger partial charge >= 0.3 is 5.69 Å². The van der Waals surface area contributed by atoms with Crippen LogP contribution in [-0.4, -0.2) is 29.5 Å². The molecule has 8 nitrogen and oxygen atoms in total. The number of hydrogen-bond acceptors (Lipinski definition) is 7. The molecule has 0 bridgehead atoms. The lowest BCUT2D eigenvalue weighted by Gasteiger charge is -2.12. The summed E-state index contributed by atoms with van der Waals surface area (Å²) >= 11 is 7.50. The van der Waals surface area contributed by atoms with Crippen molar-refractivity contribution in [3.8, 4) is 0 Å². The van der Waals surface area contributed by atoms with Crippen LogP contribution in [0.2, 0.25) is 5.15 Å². The number of aromatic amines is 1. The Hall–Kier alpha value is -2.26. The lowest BCUT2D eigenvalue weighted by atomic mass is 10.3. The van der Waals surface area contributed by atoms with Crippen LogP contribution in [0, 0.1) is 0 Å². The highest BCUT2D eigenvalue weighted by molar-refractivity contribution is 7.99. The first kappa shape index (κ1) is 17.6. The molecular formula is C19H17ClN6O2S. The van der Waals surface area contributed by atoms with Crippen LogP contribution >= 0.6 is 23.4 Å². The summed E-state index contributed by atoms with van der Waals surface area (Å²) in [7, 11) is 0. The summed E-state index contributed by atoms with van der Waals surface area (Å²) in [6.07, 6.45) is 6.02. The van der Waals surface area contributed by atoms with E-state index in [2.05, 4.69) is 19.9 Å². The summed E-state index contributed by atoms with van der Waals surface area (Å²) in [5, 5.41) is 1.89. The van der Waals surface area contributed by atoms with E-state index in [1.54, 1.807) is 10.6 Å². The fraction of sp³-hybridized carbons (Fsp3) is 0.474. The number of nitrogens with one attached hydrogen (secondary N) is 1. The molecule has 10 heteroatoms. The highest BCUT2D eigenvalue weighted by Crippen LogP contribution is 2.42. The molecule has 0 atom stereocenters. The van der Waals surface area contributed by atoms with Crippen LogP contribution in [0.5, 0.6) is 0 Å². The first-order valence-electron chi connectivity index (χ1n) is 9.85. The van der Waals surface area contributed by atoms with Crippen molar-refractivity contribution in [3.63, 3.8) is 0 Å². The van der Waals surface area contributed by atoms with Gasteiger partial charge in [-0.25, -0.2) is 24.7 Å². The summed E-state index contributed by atoms with van der Waals surface area (Å²) < 4.78 is 1.62. The van der Waals surface area contributed by atoms with E-state index in [4.69, 9.17) is 16.6 Å². The molecule has 0 amide bonds. The normalized spacial score (nSPS) is 19.1. The maximum Gasteiger partial charge on any atom is 0.330 e. The van der Waals surface area contributed by atoms with Crippen molar-refractivity contribution < 1.29 is 0 Å². The topological polar surface area (TPSA) is 106 Å². The maximum absolute atomic E-state index is 12.7. The molecule has 3 heterocycles. The van der Waals surface area contributed by atoms with Crippen molar-refractivity contribution in [2.45, 2.75) is 66.5 Å². The minimum absolute atomic E-state index is 0.0941. The summed E-state index contributed by atoms with van der Waals surface area (Å²) in [6, 6.07) is 1.78. The van der Waals surface area contributed by atoms with Gasteiger partial charge in [-0.1, -0.05) is 11.6 Å². The first-order chi connectivity index (χ1) is 14.1. The molecule has 1 N–H and O–H groups in total. The Kier molecular flexibility index (Phi) is 3.86. The van der Waals surface area contributed by atoms with Gasteiger partial charge in [0.2, 0.25) is 0 Å². The van der Waals surface area contributed by atoms with Crippen molar-refractivity contribution in [2.24, 2.45) is 0 Å². The predicted octanol–water partition coefficient (Wildman–Crippen LogP) is 3.16. The monoisotopic (exact) mass is 428 g/mol. The molecule has 3 fully saturated rings. The van der Waals surface area contributed by atoms with E-state index in [-0.39, 0.29) is 12.0 Å². The van der Waals surface area contributed by atoms with Gasteiger partial charge < -0.3 is 0 Å². The van der Waals surface area contributed by atoms with E-state index in [1.165, 1.54) is 11.8 Å². The Bertz CT molecular complexity index is 1280. The van der Waals surface area contributed by atoms with Crippen LogP contribution in [0.1, 0.15) is 68.1 Å². The molecule has 0 aromatic carbocycles. The molecule has 0 aliphatic heterocycles. The smallest absolute Gasteiger partial charge is 0.274 e. The average Bonchev–Trinajstić information content (AvgIpc) is 3.55. The Balaban J connectivity index is 1.55. The van der Waals surface area contributed by atoms with Gasteiger partial charge in [-0.15, -0.1) is 0 Å². The van der Waals surface area contributed by atoms with Crippen LogP contribution < -0.4 is 11.2 Å². The molecule has 6 rings (SSSR count). The van der Waals surface area contributed by atoms with Crippen molar-refractivity contribution in [1.82, 2.24) is 29.5 Å². The van der Waals surface area contributed by atoms with Gasteiger partial charge in [0.25, 0.3) is 5.56 Å². The fourth-order valence-corrected chi connectivity index (χ4v) is 4.68. The Morgan fingerprint density at radius 3 is 2.31 bits per heavy atom. The van der Waals surface area contributed by atoms with Crippen LogP contribution in [0.4, 0.5) is 0 Å². The largest absolute Gasteiger partial charge is 0.330 e. The summed E-state index contributed by atoms with van der Waals surface area (Å²) in [6.45, 7) is 0. The first-order valence-corrected chi connectivity index (χ1v) is 11.0. The van der Waals surface area contributed by atoms with Crippen molar-refractivity contribution in [3.05, 3.63) is 43.7 Å². The van der Waals surface area contributed by atoms with E-state index < -0.39 is 11.2 Å². The molecular weight excluding hydrogens is 412 g/mol. The Morgan fingerprint density at radius 2 is 1.66 bits per heavy atom. The summed E-state index contributed by atoms with van der Waals surface area (Å²) in [5.41, 5.74) is -0.431. The van der Waals surface area contributed by atoms with E-state index >= 15 is 0 Å². The van der Waals surface area contributed by atoms with E-state index in [9.17, 15) is 9.59 Å². The third-order valence-corrected chi connectivity index (χ3v) is 6.56. The third kappa shape index (κ3) is 3.26. The third-order valence-electron chi connectivity index (χ3n) is 5.46. The number of halogens is 1. The Morgan fingerprint density at radius 1 is 0.966 bits per heavy atom. The highest BCUT2D eigenvalue weighted by Gasteiger charge is 2.33. The van der Waals surface area contributed by atoms with Crippen molar-refractivity contribution in [1.29, 1.82) is 0 Å². The van der Waals surface area contributed by atoms with E-state index in [0.717, 1.165) is 44.3 Å². The molecule has 0 saturated heterocycles. The fourth-order valence-electron chi connectivity index (χ4n) is 3.49. The highest BCUT2D eigenvalue weighted by atomic mass is 35.5. The minimum atomic E-state index is -0.464. The molecule has 29 heavy (non-hydrogen) atoms. The average molecular weight is 429 g/mol. The maximum atomic E-state index is 12.7. The predicted molar refractivity (Wildman–Crippen MR) is 108 cm³/mol. The zero-order chi connectivity index (χ0) is 19.7. The quantitative estimate of drug-likeness (QED) is 0.622. The summed E-state index contributed by atoms with van der Waals surface area (Å²) in [5.74, 6) is 2.09.